The van der Waals surface area contributed by atoms with Crippen LogP contribution < -0.4 is 5.32 Å². The van der Waals surface area contributed by atoms with Crippen LogP contribution in [0.2, 0.25) is 0 Å². The van der Waals surface area contributed by atoms with Crippen molar-refractivity contribution in [3.63, 3.8) is 0 Å². The van der Waals surface area contributed by atoms with E-state index < -0.39 is 0 Å². The molecule has 1 N–H and O–H groups in total. The highest BCUT2D eigenvalue weighted by Gasteiger charge is 2.55. The van der Waals surface area contributed by atoms with E-state index in [9.17, 15) is 9.59 Å². The average molecular weight is 388 g/mol. The van der Waals surface area contributed by atoms with E-state index >= 15 is 0 Å². The van der Waals surface area contributed by atoms with Crippen LogP contribution in [0, 0.1) is 34.0 Å². The molecule has 3 heteroatoms. The second-order valence-electron chi connectivity index (χ2n) is 11.3. The Balaban J connectivity index is 1.81. The summed E-state index contributed by atoms with van der Waals surface area (Å²) in [5, 5.41) is 3.30. The molecule has 3 aliphatic rings. The molecule has 0 saturated heterocycles. The number of ketones is 1. The first-order valence-corrected chi connectivity index (χ1v) is 11.4. The fourth-order valence-corrected chi connectivity index (χ4v) is 6.70. The van der Waals surface area contributed by atoms with Crippen LogP contribution in [0.1, 0.15) is 93.4 Å². The molecule has 0 aliphatic heterocycles. The molecule has 2 fully saturated rings. The molecule has 0 aromatic carbocycles. The molecule has 3 aliphatic carbocycles. The van der Waals surface area contributed by atoms with Crippen molar-refractivity contribution in [3.8, 4) is 0 Å². The second-order valence-corrected chi connectivity index (χ2v) is 11.3. The first-order valence-electron chi connectivity index (χ1n) is 11.4. The monoisotopic (exact) mass is 387 g/mol. The average Bonchev–Trinajstić information content (AvgIpc) is 2.60. The molecule has 158 valence electrons. The van der Waals surface area contributed by atoms with Crippen LogP contribution in [-0.2, 0) is 9.59 Å². The summed E-state index contributed by atoms with van der Waals surface area (Å²) in [4.78, 5) is 25.0. The third kappa shape index (κ3) is 3.48. The van der Waals surface area contributed by atoms with Gasteiger partial charge < -0.3 is 5.32 Å². The maximum atomic E-state index is 12.5. The van der Waals surface area contributed by atoms with Crippen LogP contribution >= 0.6 is 0 Å². The standard InChI is InChI=1S/C25H41NO2/c1-8-20-19-10-9-17-15-18(26-22(28)23(3,4)5)11-13-25(17,7)21(19)12-14-24(20,6)16(2)27/h9,18-21H,8,10-15H2,1-7H3,(H,26,28)/t18?,19?,20-,21-,24?,25?/m0/s1. The van der Waals surface area contributed by atoms with E-state index in [0.29, 0.717) is 23.5 Å². The van der Waals surface area contributed by atoms with E-state index in [-0.39, 0.29) is 28.2 Å². The SMILES string of the molecule is CC[C@H]1C2CC=C3CC(NC(=O)C(C)(C)C)CCC3(C)[C@H]2CCC1(C)C(C)=O. The largest absolute Gasteiger partial charge is 0.353 e. The Morgan fingerprint density at radius 2 is 1.86 bits per heavy atom. The first-order chi connectivity index (χ1) is 12.9. The Morgan fingerprint density at radius 1 is 1.18 bits per heavy atom. The van der Waals surface area contributed by atoms with Gasteiger partial charge in [-0.3, -0.25) is 9.59 Å². The quantitative estimate of drug-likeness (QED) is 0.633. The van der Waals surface area contributed by atoms with Gasteiger partial charge in [-0.1, -0.05) is 59.6 Å². The number of Topliss-reactive ketones (excluding diaryl/α,β-unsaturated/α-hetero) is 1. The van der Waals surface area contributed by atoms with Crippen molar-refractivity contribution in [1.29, 1.82) is 0 Å². The van der Waals surface area contributed by atoms with Gasteiger partial charge in [0, 0.05) is 16.9 Å². The summed E-state index contributed by atoms with van der Waals surface area (Å²) in [5.41, 5.74) is 1.34. The molecule has 0 heterocycles. The topological polar surface area (TPSA) is 46.2 Å². The minimum Gasteiger partial charge on any atom is -0.353 e. The number of allylic oxidation sites excluding steroid dienone is 1. The summed E-state index contributed by atoms with van der Waals surface area (Å²) in [6.45, 7) is 14.7. The number of fused-ring (bicyclic) bond motifs is 3. The lowest BCUT2D eigenvalue weighted by molar-refractivity contribution is -0.137. The molecular weight excluding hydrogens is 346 g/mol. The Labute approximate surface area is 172 Å². The molecule has 0 aromatic heterocycles. The van der Waals surface area contributed by atoms with Crippen LogP contribution in [0.25, 0.3) is 0 Å². The summed E-state index contributed by atoms with van der Waals surface area (Å²) < 4.78 is 0. The van der Waals surface area contributed by atoms with Crippen molar-refractivity contribution in [2.75, 3.05) is 0 Å². The van der Waals surface area contributed by atoms with E-state index in [0.717, 1.165) is 38.5 Å². The Morgan fingerprint density at radius 3 is 2.43 bits per heavy atom. The molecular formula is C25H41NO2. The first kappa shape index (κ1) is 21.6. The summed E-state index contributed by atoms with van der Waals surface area (Å²) in [6.07, 6.45) is 10.1. The Bertz CT molecular complexity index is 673. The van der Waals surface area contributed by atoms with Crippen molar-refractivity contribution in [1.82, 2.24) is 5.32 Å². The van der Waals surface area contributed by atoms with E-state index in [2.05, 4.69) is 32.2 Å². The summed E-state index contributed by atoms with van der Waals surface area (Å²) in [5.74, 6) is 2.35. The molecule has 0 aromatic rings. The Hall–Kier alpha value is -1.12. The number of hydrogen-bond acceptors (Lipinski definition) is 2. The highest BCUT2D eigenvalue weighted by molar-refractivity contribution is 5.82. The second kappa shape index (κ2) is 7.29. The zero-order chi connectivity index (χ0) is 20.9. The lowest BCUT2D eigenvalue weighted by Crippen LogP contribution is -2.53. The van der Waals surface area contributed by atoms with Crippen molar-refractivity contribution in [2.45, 2.75) is 99.5 Å². The predicted octanol–water partition coefficient (Wildman–Crippen LogP) is 5.69. The summed E-state index contributed by atoms with van der Waals surface area (Å²) >= 11 is 0. The van der Waals surface area contributed by atoms with E-state index in [4.69, 9.17) is 0 Å². The van der Waals surface area contributed by atoms with Gasteiger partial charge in [-0.2, -0.15) is 0 Å². The van der Waals surface area contributed by atoms with Crippen LogP contribution in [0.5, 0.6) is 0 Å². The van der Waals surface area contributed by atoms with Crippen LogP contribution in [0.15, 0.2) is 11.6 Å². The van der Waals surface area contributed by atoms with E-state index in [1.807, 2.05) is 20.8 Å². The van der Waals surface area contributed by atoms with E-state index in [1.165, 1.54) is 6.42 Å². The molecule has 3 rings (SSSR count). The molecule has 1 amide bonds. The number of nitrogens with one attached hydrogen (secondary N) is 1. The number of carbonyl (C=O) groups is 2. The zero-order valence-electron chi connectivity index (χ0n) is 19.2. The number of amides is 1. The maximum Gasteiger partial charge on any atom is 0.225 e. The highest BCUT2D eigenvalue weighted by atomic mass is 16.2. The molecule has 0 bridgehead atoms. The molecule has 2 saturated carbocycles. The summed E-state index contributed by atoms with van der Waals surface area (Å²) in [6, 6.07) is 0.274. The molecule has 3 nitrogen and oxygen atoms in total. The lowest BCUT2D eigenvalue weighted by Gasteiger charge is -2.58. The van der Waals surface area contributed by atoms with Crippen LogP contribution in [0.3, 0.4) is 0 Å². The maximum absolute atomic E-state index is 12.5. The predicted molar refractivity (Wildman–Crippen MR) is 115 cm³/mol. The molecule has 4 unspecified atom stereocenters. The lowest BCUT2D eigenvalue weighted by atomic mass is 9.46. The Kier molecular flexibility index (Phi) is 5.62. The van der Waals surface area contributed by atoms with Gasteiger partial charge in [0.25, 0.3) is 0 Å². The van der Waals surface area contributed by atoms with Crippen molar-refractivity contribution in [3.05, 3.63) is 11.6 Å². The number of rotatable bonds is 3. The minimum atomic E-state index is -0.332. The van der Waals surface area contributed by atoms with Gasteiger partial charge in [0.2, 0.25) is 5.91 Å². The molecule has 28 heavy (non-hydrogen) atoms. The molecule has 0 spiro atoms. The smallest absolute Gasteiger partial charge is 0.225 e. The van der Waals surface area contributed by atoms with Crippen LogP contribution in [0.4, 0.5) is 0 Å². The van der Waals surface area contributed by atoms with Gasteiger partial charge in [0.1, 0.15) is 5.78 Å². The van der Waals surface area contributed by atoms with Gasteiger partial charge >= 0.3 is 0 Å². The van der Waals surface area contributed by atoms with Gasteiger partial charge in [-0.05, 0) is 68.6 Å². The van der Waals surface area contributed by atoms with Crippen molar-refractivity contribution >= 4 is 11.7 Å². The third-order valence-corrected chi connectivity index (χ3v) is 8.75. The van der Waals surface area contributed by atoms with Crippen molar-refractivity contribution < 1.29 is 9.59 Å². The normalized spacial score (nSPS) is 40.8. The van der Waals surface area contributed by atoms with Gasteiger partial charge in [0.05, 0.1) is 0 Å². The molecule has 6 atom stereocenters. The van der Waals surface area contributed by atoms with Crippen molar-refractivity contribution in [2.24, 2.45) is 34.0 Å². The van der Waals surface area contributed by atoms with E-state index in [1.54, 1.807) is 12.5 Å². The van der Waals surface area contributed by atoms with Gasteiger partial charge in [0.15, 0.2) is 0 Å². The molecule has 0 radical (unpaired) electrons. The fourth-order valence-electron chi connectivity index (χ4n) is 6.70. The van der Waals surface area contributed by atoms with Gasteiger partial charge in [-0.15, -0.1) is 0 Å². The fraction of sp³-hybridized carbons (Fsp3) is 0.840. The van der Waals surface area contributed by atoms with Crippen LogP contribution in [-0.4, -0.2) is 17.7 Å². The number of hydrogen-bond donors (Lipinski definition) is 1. The van der Waals surface area contributed by atoms with Gasteiger partial charge in [-0.25, -0.2) is 0 Å². The summed E-state index contributed by atoms with van der Waals surface area (Å²) in [7, 11) is 0. The highest BCUT2D eigenvalue weighted by Crippen LogP contribution is 2.61. The number of carbonyl (C=O) groups excluding carboxylic acids is 2. The zero-order valence-corrected chi connectivity index (χ0v) is 19.2. The minimum absolute atomic E-state index is 0.143. The third-order valence-electron chi connectivity index (χ3n) is 8.75.